The van der Waals surface area contributed by atoms with Crippen LogP contribution in [0, 0.1) is 13.8 Å². The summed E-state index contributed by atoms with van der Waals surface area (Å²) < 4.78 is 5.40. The Morgan fingerprint density at radius 2 is 2.20 bits per heavy atom. The molecule has 2 aromatic heterocycles. The van der Waals surface area contributed by atoms with Crippen molar-refractivity contribution in [3.8, 4) is 0 Å². The van der Waals surface area contributed by atoms with Crippen molar-refractivity contribution in [2.24, 2.45) is 0 Å². The lowest BCUT2D eigenvalue weighted by molar-refractivity contribution is -0.115. The summed E-state index contributed by atoms with van der Waals surface area (Å²) >= 11 is 0. The molecule has 2 heterocycles. The zero-order chi connectivity index (χ0) is 14.1. The largest absolute Gasteiger partial charge is 0.441 e. The Bertz CT molecular complexity index is 770. The Morgan fingerprint density at radius 3 is 2.95 bits per heavy atom. The van der Waals surface area contributed by atoms with E-state index in [0.29, 0.717) is 12.3 Å². The van der Waals surface area contributed by atoms with Gasteiger partial charge in [0.15, 0.2) is 11.5 Å². The Hall–Kier alpha value is -2.56. The van der Waals surface area contributed by atoms with Gasteiger partial charge >= 0.3 is 0 Å². The second-order valence-electron chi connectivity index (χ2n) is 4.83. The molecular formula is C15H15N3O2. The molecule has 0 spiro atoms. The molecule has 3 rings (SSSR count). The summed E-state index contributed by atoms with van der Waals surface area (Å²) in [4.78, 5) is 19.3. The SMILES string of the molecule is Cc1cc(CC(=O)Nc2ccc3oc(C)nc3c2)c[nH]1. The van der Waals surface area contributed by atoms with Gasteiger partial charge < -0.3 is 14.7 Å². The lowest BCUT2D eigenvalue weighted by Crippen LogP contribution is -2.13. The Kier molecular flexibility index (Phi) is 3.02. The standard InChI is InChI=1S/C15H15N3O2/c1-9-5-11(8-16-9)6-15(19)18-12-3-4-14-13(7-12)17-10(2)20-14/h3-5,7-8,16H,6H2,1-2H3,(H,18,19). The molecule has 0 bridgehead atoms. The molecule has 2 N–H and O–H groups in total. The number of carbonyl (C=O) groups excluding carboxylic acids is 1. The maximum atomic E-state index is 12.0. The lowest BCUT2D eigenvalue weighted by atomic mass is 10.2. The molecule has 0 fully saturated rings. The van der Waals surface area contributed by atoms with E-state index >= 15 is 0 Å². The highest BCUT2D eigenvalue weighted by atomic mass is 16.3. The van der Waals surface area contributed by atoms with Crippen molar-refractivity contribution in [2.75, 3.05) is 5.32 Å². The van der Waals surface area contributed by atoms with Crippen LogP contribution < -0.4 is 5.32 Å². The number of benzene rings is 1. The summed E-state index contributed by atoms with van der Waals surface area (Å²) in [6, 6.07) is 7.40. The van der Waals surface area contributed by atoms with Crippen LogP contribution in [-0.2, 0) is 11.2 Å². The second-order valence-corrected chi connectivity index (χ2v) is 4.83. The van der Waals surface area contributed by atoms with Gasteiger partial charge in [0.1, 0.15) is 5.52 Å². The number of nitrogens with one attached hydrogen (secondary N) is 2. The van der Waals surface area contributed by atoms with E-state index in [1.807, 2.05) is 37.4 Å². The smallest absolute Gasteiger partial charge is 0.228 e. The molecule has 1 aromatic carbocycles. The summed E-state index contributed by atoms with van der Waals surface area (Å²) in [6.07, 6.45) is 2.19. The van der Waals surface area contributed by atoms with Crippen molar-refractivity contribution < 1.29 is 9.21 Å². The average Bonchev–Trinajstić information content (AvgIpc) is 2.93. The summed E-state index contributed by atoms with van der Waals surface area (Å²) in [6.45, 7) is 3.76. The molecule has 0 aliphatic carbocycles. The fourth-order valence-electron chi connectivity index (χ4n) is 2.18. The normalized spacial score (nSPS) is 10.9. The molecular weight excluding hydrogens is 254 g/mol. The zero-order valence-electron chi connectivity index (χ0n) is 11.4. The summed E-state index contributed by atoms with van der Waals surface area (Å²) in [5.41, 5.74) is 4.22. The van der Waals surface area contributed by atoms with E-state index in [4.69, 9.17) is 4.42 Å². The van der Waals surface area contributed by atoms with Crippen LogP contribution in [-0.4, -0.2) is 15.9 Å². The first-order valence-corrected chi connectivity index (χ1v) is 6.41. The molecule has 1 amide bonds. The van der Waals surface area contributed by atoms with Crippen molar-refractivity contribution >= 4 is 22.7 Å². The highest BCUT2D eigenvalue weighted by Crippen LogP contribution is 2.19. The fourth-order valence-corrected chi connectivity index (χ4v) is 2.18. The van der Waals surface area contributed by atoms with Gasteiger partial charge in [0.2, 0.25) is 5.91 Å². The van der Waals surface area contributed by atoms with E-state index in [-0.39, 0.29) is 5.91 Å². The quantitative estimate of drug-likeness (QED) is 0.768. The third-order valence-electron chi connectivity index (χ3n) is 3.03. The minimum absolute atomic E-state index is 0.0523. The van der Waals surface area contributed by atoms with Crippen molar-refractivity contribution in [1.29, 1.82) is 0 Å². The van der Waals surface area contributed by atoms with Gasteiger partial charge in [0.05, 0.1) is 6.42 Å². The number of anilines is 1. The van der Waals surface area contributed by atoms with Gasteiger partial charge in [-0.15, -0.1) is 0 Å². The summed E-state index contributed by atoms with van der Waals surface area (Å²) in [5, 5.41) is 2.87. The second kappa shape index (κ2) is 4.85. The van der Waals surface area contributed by atoms with Gasteiger partial charge in [-0.25, -0.2) is 4.98 Å². The first-order valence-electron chi connectivity index (χ1n) is 6.41. The van der Waals surface area contributed by atoms with E-state index in [1.165, 1.54) is 0 Å². The van der Waals surface area contributed by atoms with Crippen LogP contribution in [0.5, 0.6) is 0 Å². The molecule has 0 aliphatic heterocycles. The van der Waals surface area contributed by atoms with Gasteiger partial charge in [-0.2, -0.15) is 0 Å². The van der Waals surface area contributed by atoms with Gasteiger partial charge in [-0.05, 0) is 36.8 Å². The van der Waals surface area contributed by atoms with Crippen molar-refractivity contribution in [3.63, 3.8) is 0 Å². The van der Waals surface area contributed by atoms with Crippen LogP contribution in [0.2, 0.25) is 0 Å². The van der Waals surface area contributed by atoms with Crippen molar-refractivity contribution in [3.05, 3.63) is 47.6 Å². The highest BCUT2D eigenvalue weighted by Gasteiger charge is 2.07. The number of nitrogens with zero attached hydrogens (tertiary/aromatic N) is 1. The van der Waals surface area contributed by atoms with Crippen molar-refractivity contribution in [2.45, 2.75) is 20.3 Å². The van der Waals surface area contributed by atoms with E-state index in [9.17, 15) is 4.79 Å². The molecule has 0 saturated heterocycles. The van der Waals surface area contributed by atoms with Crippen molar-refractivity contribution in [1.82, 2.24) is 9.97 Å². The number of hydrogen-bond acceptors (Lipinski definition) is 3. The van der Waals surface area contributed by atoms with E-state index in [1.54, 1.807) is 6.92 Å². The molecule has 5 heteroatoms. The molecule has 20 heavy (non-hydrogen) atoms. The Balaban J connectivity index is 1.73. The third kappa shape index (κ3) is 2.56. The molecule has 0 aliphatic rings. The van der Waals surface area contributed by atoms with Crippen LogP contribution in [0.1, 0.15) is 17.1 Å². The number of rotatable bonds is 3. The van der Waals surface area contributed by atoms with Gasteiger partial charge in [-0.3, -0.25) is 4.79 Å². The Labute approximate surface area is 116 Å². The average molecular weight is 269 g/mol. The number of aromatic amines is 1. The van der Waals surface area contributed by atoms with Gasteiger partial charge in [0.25, 0.3) is 0 Å². The molecule has 102 valence electrons. The summed E-state index contributed by atoms with van der Waals surface area (Å²) in [7, 11) is 0. The highest BCUT2D eigenvalue weighted by molar-refractivity contribution is 5.94. The number of aromatic nitrogens is 2. The van der Waals surface area contributed by atoms with Gasteiger partial charge in [0, 0.05) is 24.5 Å². The minimum atomic E-state index is -0.0523. The lowest BCUT2D eigenvalue weighted by Gasteiger charge is -2.03. The molecule has 0 radical (unpaired) electrons. The molecule has 0 saturated carbocycles. The number of amides is 1. The van der Waals surface area contributed by atoms with Crippen LogP contribution in [0.3, 0.4) is 0 Å². The predicted octanol–water partition coefficient (Wildman–Crippen LogP) is 2.95. The monoisotopic (exact) mass is 269 g/mol. The van der Waals surface area contributed by atoms with E-state index < -0.39 is 0 Å². The fraction of sp³-hybridized carbons (Fsp3) is 0.200. The number of hydrogen-bond donors (Lipinski definition) is 2. The van der Waals surface area contributed by atoms with Crippen LogP contribution >= 0.6 is 0 Å². The first kappa shape index (κ1) is 12.5. The minimum Gasteiger partial charge on any atom is -0.441 e. The maximum absolute atomic E-state index is 12.0. The molecule has 3 aromatic rings. The predicted molar refractivity (Wildman–Crippen MR) is 76.6 cm³/mol. The first-order chi connectivity index (χ1) is 9.60. The third-order valence-corrected chi connectivity index (χ3v) is 3.03. The zero-order valence-corrected chi connectivity index (χ0v) is 11.4. The van der Waals surface area contributed by atoms with Crippen LogP contribution in [0.15, 0.2) is 34.9 Å². The number of oxazole rings is 1. The topological polar surface area (TPSA) is 70.9 Å². The number of aryl methyl sites for hydroxylation is 2. The van der Waals surface area contributed by atoms with Crippen LogP contribution in [0.4, 0.5) is 5.69 Å². The molecule has 0 unspecified atom stereocenters. The van der Waals surface area contributed by atoms with E-state index in [0.717, 1.165) is 28.0 Å². The summed E-state index contributed by atoms with van der Waals surface area (Å²) in [5.74, 6) is 0.565. The molecule has 0 atom stereocenters. The maximum Gasteiger partial charge on any atom is 0.228 e. The Morgan fingerprint density at radius 1 is 1.35 bits per heavy atom. The van der Waals surface area contributed by atoms with E-state index in [2.05, 4.69) is 15.3 Å². The van der Waals surface area contributed by atoms with Crippen LogP contribution in [0.25, 0.3) is 11.1 Å². The number of H-pyrrole nitrogens is 1. The van der Waals surface area contributed by atoms with Gasteiger partial charge in [-0.1, -0.05) is 0 Å². The molecule has 5 nitrogen and oxygen atoms in total. The number of fused-ring (bicyclic) bond motifs is 1. The number of carbonyl (C=O) groups is 1.